The van der Waals surface area contributed by atoms with E-state index in [9.17, 15) is 14.0 Å². The summed E-state index contributed by atoms with van der Waals surface area (Å²) in [5.41, 5.74) is 11.3. The van der Waals surface area contributed by atoms with Crippen molar-refractivity contribution in [2.24, 2.45) is 5.73 Å². The molecule has 2 rings (SSSR count). The second-order valence-electron chi connectivity index (χ2n) is 4.26. The van der Waals surface area contributed by atoms with Crippen LogP contribution in [-0.2, 0) is 0 Å². The Kier molecular flexibility index (Phi) is 4.03. The molecule has 21 heavy (non-hydrogen) atoms. The molecular formula is C14H13FN4O2. The number of benzene rings is 2. The van der Waals surface area contributed by atoms with Gasteiger partial charge in [0.15, 0.2) is 0 Å². The van der Waals surface area contributed by atoms with E-state index in [0.717, 1.165) is 6.07 Å². The lowest BCUT2D eigenvalue weighted by Gasteiger charge is -2.08. The van der Waals surface area contributed by atoms with Gasteiger partial charge >= 0.3 is 6.03 Å². The minimum absolute atomic E-state index is 0.127. The monoisotopic (exact) mass is 288 g/mol. The van der Waals surface area contributed by atoms with Gasteiger partial charge in [0.05, 0.1) is 5.56 Å². The molecule has 2 aromatic carbocycles. The van der Waals surface area contributed by atoms with Crippen molar-refractivity contribution >= 4 is 29.0 Å². The molecule has 0 fully saturated rings. The van der Waals surface area contributed by atoms with Gasteiger partial charge in [-0.1, -0.05) is 6.07 Å². The number of nitrogens with one attached hydrogen (secondary N) is 2. The Morgan fingerprint density at radius 3 is 2.29 bits per heavy atom. The van der Waals surface area contributed by atoms with Crippen LogP contribution < -0.4 is 22.1 Å². The Morgan fingerprint density at radius 2 is 1.67 bits per heavy atom. The number of carbonyl (C=O) groups is 2. The Hall–Kier alpha value is -3.09. The van der Waals surface area contributed by atoms with Crippen LogP contribution in [0.2, 0.25) is 0 Å². The van der Waals surface area contributed by atoms with Crippen LogP contribution in [0.1, 0.15) is 10.4 Å². The van der Waals surface area contributed by atoms with Gasteiger partial charge < -0.3 is 22.1 Å². The fourth-order valence-electron chi connectivity index (χ4n) is 1.73. The molecule has 7 heteroatoms. The van der Waals surface area contributed by atoms with Crippen molar-refractivity contribution in [3.05, 3.63) is 53.8 Å². The minimum atomic E-state index is -0.719. The van der Waals surface area contributed by atoms with Crippen LogP contribution in [0.25, 0.3) is 0 Å². The van der Waals surface area contributed by atoms with E-state index in [1.54, 1.807) is 18.2 Å². The highest BCUT2D eigenvalue weighted by Crippen LogP contribution is 2.17. The average Bonchev–Trinajstić information content (AvgIpc) is 2.37. The van der Waals surface area contributed by atoms with Crippen molar-refractivity contribution in [2.75, 3.05) is 16.4 Å². The number of nitrogens with two attached hydrogens (primary N) is 2. The molecule has 0 spiro atoms. The molecule has 0 unspecified atom stereocenters. The predicted molar refractivity (Wildman–Crippen MR) is 78.4 cm³/mol. The summed E-state index contributed by atoms with van der Waals surface area (Å²) in [5, 5.41) is 4.89. The van der Waals surface area contributed by atoms with E-state index in [0.29, 0.717) is 11.4 Å². The molecule has 0 aliphatic heterocycles. The molecule has 3 amide bonds. The zero-order valence-electron chi connectivity index (χ0n) is 10.9. The molecule has 108 valence electrons. The Bertz CT molecular complexity index is 703. The number of carbonyl (C=O) groups excluding carboxylic acids is 2. The molecule has 0 bridgehead atoms. The predicted octanol–water partition coefficient (Wildman–Crippen LogP) is 2.15. The van der Waals surface area contributed by atoms with Crippen LogP contribution in [0.15, 0.2) is 42.5 Å². The van der Waals surface area contributed by atoms with Crippen molar-refractivity contribution in [2.45, 2.75) is 0 Å². The maximum atomic E-state index is 13.6. The summed E-state index contributed by atoms with van der Waals surface area (Å²) in [5.74, 6) is -1.33. The Morgan fingerprint density at radius 1 is 1.00 bits per heavy atom. The highest BCUT2D eigenvalue weighted by Gasteiger charge is 2.12. The molecule has 0 aliphatic carbocycles. The molecule has 0 saturated heterocycles. The number of halogens is 1. The van der Waals surface area contributed by atoms with Gasteiger partial charge in [-0.3, -0.25) is 4.79 Å². The lowest BCUT2D eigenvalue weighted by Crippen LogP contribution is -2.19. The molecule has 0 atom stereocenters. The zero-order chi connectivity index (χ0) is 15.4. The fraction of sp³-hybridized carbons (Fsp3) is 0. The van der Waals surface area contributed by atoms with E-state index >= 15 is 0 Å². The standard InChI is InChI=1S/C14H13FN4O2/c15-12-6-8(16)4-5-11(12)13(20)18-9-2-1-3-10(7-9)19-14(17)21/h1-7H,16H2,(H,18,20)(H3,17,19,21). The number of primary amides is 1. The second-order valence-corrected chi connectivity index (χ2v) is 4.26. The molecule has 2 aromatic rings. The largest absolute Gasteiger partial charge is 0.399 e. The van der Waals surface area contributed by atoms with Crippen molar-refractivity contribution in [3.63, 3.8) is 0 Å². The van der Waals surface area contributed by atoms with E-state index in [1.807, 2.05) is 0 Å². The Labute approximate surface area is 119 Å². The van der Waals surface area contributed by atoms with Crippen molar-refractivity contribution in [1.82, 2.24) is 0 Å². The lowest BCUT2D eigenvalue weighted by atomic mass is 10.1. The smallest absolute Gasteiger partial charge is 0.316 e. The first-order valence-electron chi connectivity index (χ1n) is 5.98. The van der Waals surface area contributed by atoms with Crippen LogP contribution in [0.5, 0.6) is 0 Å². The lowest BCUT2D eigenvalue weighted by molar-refractivity contribution is 0.102. The van der Waals surface area contributed by atoms with Crippen molar-refractivity contribution < 1.29 is 14.0 Å². The second kappa shape index (κ2) is 5.91. The summed E-state index contributed by atoms with van der Waals surface area (Å²) < 4.78 is 13.6. The molecule has 0 saturated carbocycles. The van der Waals surface area contributed by atoms with Crippen LogP contribution in [0.4, 0.5) is 26.2 Å². The van der Waals surface area contributed by atoms with E-state index in [2.05, 4.69) is 10.6 Å². The number of amides is 3. The Balaban J connectivity index is 2.17. The van der Waals surface area contributed by atoms with Crippen LogP contribution in [0.3, 0.4) is 0 Å². The maximum absolute atomic E-state index is 13.6. The maximum Gasteiger partial charge on any atom is 0.316 e. The summed E-state index contributed by atoms with van der Waals surface area (Å²) in [6, 6.07) is 9.39. The van der Waals surface area contributed by atoms with E-state index in [4.69, 9.17) is 11.5 Å². The summed E-state index contributed by atoms with van der Waals surface area (Å²) >= 11 is 0. The average molecular weight is 288 g/mol. The summed E-state index contributed by atoms with van der Waals surface area (Å²) in [6.07, 6.45) is 0. The SMILES string of the molecule is NC(=O)Nc1cccc(NC(=O)c2ccc(N)cc2F)c1. The zero-order valence-corrected chi connectivity index (χ0v) is 10.9. The molecular weight excluding hydrogens is 275 g/mol. The quantitative estimate of drug-likeness (QED) is 0.649. The van der Waals surface area contributed by atoms with Gasteiger partial charge in [0.25, 0.3) is 5.91 Å². The number of urea groups is 1. The van der Waals surface area contributed by atoms with Gasteiger partial charge in [-0.2, -0.15) is 0 Å². The van der Waals surface area contributed by atoms with E-state index in [1.165, 1.54) is 18.2 Å². The van der Waals surface area contributed by atoms with E-state index < -0.39 is 17.8 Å². The molecule has 0 aliphatic rings. The minimum Gasteiger partial charge on any atom is -0.399 e. The summed E-state index contributed by atoms with van der Waals surface area (Å²) in [7, 11) is 0. The fourth-order valence-corrected chi connectivity index (χ4v) is 1.73. The number of nitrogen functional groups attached to an aromatic ring is 1. The van der Waals surface area contributed by atoms with Crippen LogP contribution in [-0.4, -0.2) is 11.9 Å². The number of rotatable bonds is 3. The van der Waals surface area contributed by atoms with Gasteiger partial charge in [0.1, 0.15) is 5.82 Å². The molecule has 0 aromatic heterocycles. The summed E-state index contributed by atoms with van der Waals surface area (Å²) in [4.78, 5) is 22.7. The summed E-state index contributed by atoms with van der Waals surface area (Å²) in [6.45, 7) is 0. The third kappa shape index (κ3) is 3.69. The third-order valence-corrected chi connectivity index (χ3v) is 2.63. The first kappa shape index (κ1) is 14.3. The van der Waals surface area contributed by atoms with E-state index in [-0.39, 0.29) is 11.3 Å². The van der Waals surface area contributed by atoms with Crippen molar-refractivity contribution in [1.29, 1.82) is 0 Å². The topological polar surface area (TPSA) is 110 Å². The first-order chi connectivity index (χ1) is 9.95. The highest BCUT2D eigenvalue weighted by atomic mass is 19.1. The van der Waals surface area contributed by atoms with Gasteiger partial charge in [-0.25, -0.2) is 9.18 Å². The molecule has 6 N–H and O–H groups in total. The normalized spacial score (nSPS) is 9.95. The van der Waals surface area contributed by atoms with Gasteiger partial charge in [0.2, 0.25) is 0 Å². The molecule has 0 heterocycles. The number of anilines is 3. The van der Waals surface area contributed by atoms with Gasteiger partial charge in [-0.05, 0) is 36.4 Å². The third-order valence-electron chi connectivity index (χ3n) is 2.63. The van der Waals surface area contributed by atoms with Gasteiger partial charge in [-0.15, -0.1) is 0 Å². The first-order valence-corrected chi connectivity index (χ1v) is 5.98. The molecule has 0 radical (unpaired) electrons. The van der Waals surface area contributed by atoms with Crippen LogP contribution >= 0.6 is 0 Å². The highest BCUT2D eigenvalue weighted by molar-refractivity contribution is 6.05. The van der Waals surface area contributed by atoms with Crippen molar-refractivity contribution in [3.8, 4) is 0 Å². The number of hydrogen-bond acceptors (Lipinski definition) is 3. The van der Waals surface area contributed by atoms with Crippen LogP contribution in [0, 0.1) is 5.82 Å². The molecule has 6 nitrogen and oxygen atoms in total. The number of hydrogen-bond donors (Lipinski definition) is 4. The van der Waals surface area contributed by atoms with Gasteiger partial charge in [0, 0.05) is 17.1 Å².